The van der Waals surface area contributed by atoms with E-state index in [4.69, 9.17) is 6.58 Å². The molecule has 0 aliphatic heterocycles. The summed E-state index contributed by atoms with van der Waals surface area (Å²) in [7, 11) is 0. The number of nitrogens with zero attached hydrogens (tertiary/aromatic N) is 1. The summed E-state index contributed by atoms with van der Waals surface area (Å²) in [4.78, 5) is 15.9. The molecule has 0 aliphatic rings. The normalized spacial score (nSPS) is 11.4. The van der Waals surface area contributed by atoms with Crippen LogP contribution in [-0.4, -0.2) is 35.7 Å². The standard InChI is InChI=1S/C17H15INO.3C4H9.Sn/c1-2-12-19(13-14-8-4-3-5-9-14)17(20)15-10-6-7-11-16(15)18;3*1-3-4-2;/h3-11H,1,12-13H2;3*1,3-4H2,2H3;. The molecule has 1 amide bonds. The number of carbonyl (C=O) groups excluding carboxylic acids is 1. The molecule has 2 aromatic rings. The van der Waals surface area contributed by atoms with E-state index in [1.54, 1.807) is 0 Å². The molecule has 0 aliphatic carbocycles. The molecule has 0 N–H and O–H groups in total. The van der Waals surface area contributed by atoms with Crippen LogP contribution in [0.4, 0.5) is 0 Å². The average molecular weight is 666 g/mol. The molecule has 2 aromatic carbocycles. The van der Waals surface area contributed by atoms with Gasteiger partial charge in [-0.1, -0.05) is 0 Å². The molecule has 0 unspecified atom stereocenters. The number of halogens is 1. The molecular formula is C29H42INOSn. The third-order valence-corrected chi connectivity index (χ3v) is 23.7. The van der Waals surface area contributed by atoms with Crippen LogP contribution in [0.25, 0.3) is 0 Å². The summed E-state index contributed by atoms with van der Waals surface area (Å²) in [6.07, 6.45) is 7.68. The van der Waals surface area contributed by atoms with Gasteiger partial charge in [0.2, 0.25) is 0 Å². The first-order valence-corrected chi connectivity index (χ1v) is 21.3. The Labute approximate surface area is 220 Å². The van der Waals surface area contributed by atoms with Gasteiger partial charge in [0.1, 0.15) is 0 Å². The Morgan fingerprint density at radius 3 is 1.88 bits per heavy atom. The van der Waals surface area contributed by atoms with Crippen LogP contribution >= 0.6 is 22.6 Å². The Morgan fingerprint density at radius 1 is 0.848 bits per heavy atom. The zero-order chi connectivity index (χ0) is 24.1. The molecule has 0 heterocycles. The van der Waals surface area contributed by atoms with E-state index < -0.39 is 18.4 Å². The fourth-order valence-corrected chi connectivity index (χ4v) is 20.8. The van der Waals surface area contributed by atoms with E-state index in [2.05, 4.69) is 72.5 Å². The van der Waals surface area contributed by atoms with Gasteiger partial charge in [0.15, 0.2) is 0 Å². The maximum atomic E-state index is 13.8. The van der Waals surface area contributed by atoms with Gasteiger partial charge in [-0.3, -0.25) is 0 Å². The third kappa shape index (κ3) is 8.72. The topological polar surface area (TPSA) is 20.3 Å². The molecule has 180 valence electrons. The second-order valence-corrected chi connectivity index (χ2v) is 24.1. The molecule has 2 rings (SSSR count). The van der Waals surface area contributed by atoms with Gasteiger partial charge < -0.3 is 0 Å². The van der Waals surface area contributed by atoms with Crippen molar-refractivity contribution >= 4 is 46.9 Å². The molecule has 0 bridgehead atoms. The van der Waals surface area contributed by atoms with Gasteiger partial charge in [0, 0.05) is 0 Å². The molecule has 33 heavy (non-hydrogen) atoms. The van der Waals surface area contributed by atoms with Crippen molar-refractivity contribution in [1.29, 1.82) is 0 Å². The van der Waals surface area contributed by atoms with Gasteiger partial charge in [-0.15, -0.1) is 0 Å². The Morgan fingerprint density at radius 2 is 1.36 bits per heavy atom. The monoisotopic (exact) mass is 667 g/mol. The van der Waals surface area contributed by atoms with E-state index in [0.29, 0.717) is 13.1 Å². The van der Waals surface area contributed by atoms with Crippen molar-refractivity contribution in [3.8, 4) is 0 Å². The summed E-state index contributed by atoms with van der Waals surface area (Å²) >= 11 is -0.335. The molecule has 0 radical (unpaired) electrons. The third-order valence-electron chi connectivity index (χ3n) is 6.77. The predicted molar refractivity (Wildman–Crippen MR) is 154 cm³/mol. The minimum atomic E-state index is -2.62. The van der Waals surface area contributed by atoms with E-state index in [-0.39, 0.29) is 5.91 Å². The number of hydrogen-bond acceptors (Lipinski definition) is 1. The number of unbranched alkanes of at least 4 members (excludes halogenated alkanes) is 3. The van der Waals surface area contributed by atoms with Gasteiger partial charge in [-0.05, 0) is 0 Å². The van der Waals surface area contributed by atoms with Crippen LogP contribution in [0.2, 0.25) is 13.3 Å². The molecule has 0 aromatic heterocycles. The average Bonchev–Trinajstić information content (AvgIpc) is 2.84. The van der Waals surface area contributed by atoms with Crippen molar-refractivity contribution in [2.45, 2.75) is 79.2 Å². The van der Waals surface area contributed by atoms with Gasteiger partial charge >= 0.3 is 222 Å². The Balaban J connectivity index is 2.38. The van der Waals surface area contributed by atoms with Crippen molar-refractivity contribution in [3.05, 3.63) is 79.5 Å². The van der Waals surface area contributed by atoms with Crippen molar-refractivity contribution in [2.75, 3.05) is 6.54 Å². The van der Waals surface area contributed by atoms with Crippen molar-refractivity contribution < 1.29 is 4.79 Å². The first kappa shape index (κ1) is 28.4. The number of benzene rings is 2. The van der Waals surface area contributed by atoms with Crippen LogP contribution in [0, 0.1) is 3.57 Å². The summed E-state index contributed by atoms with van der Waals surface area (Å²) in [5.41, 5.74) is 1.99. The summed E-state index contributed by atoms with van der Waals surface area (Å²) in [5.74, 6) is 0.131. The zero-order valence-electron chi connectivity index (χ0n) is 20.9. The second kappa shape index (κ2) is 15.2. The predicted octanol–water partition coefficient (Wildman–Crippen LogP) is 8.88. The number of hydrogen-bond donors (Lipinski definition) is 0. The van der Waals surface area contributed by atoms with Crippen LogP contribution in [0.1, 0.15) is 75.2 Å². The van der Waals surface area contributed by atoms with Crippen LogP contribution in [-0.2, 0) is 6.54 Å². The van der Waals surface area contributed by atoms with Crippen LogP contribution < -0.4 is 0 Å². The molecule has 0 spiro atoms. The van der Waals surface area contributed by atoms with E-state index in [1.165, 1.54) is 61.0 Å². The molecule has 2 nitrogen and oxygen atoms in total. The molecule has 0 saturated carbocycles. The van der Waals surface area contributed by atoms with Gasteiger partial charge in [0.05, 0.1) is 0 Å². The number of amides is 1. The SMILES string of the molecule is C=[C](CN(Cc1ccccc1)C(=O)c1ccccc1I)[Sn]([CH2]CCC)([CH2]CCC)[CH2]CCC. The molecule has 0 atom stereocenters. The number of rotatable bonds is 15. The summed E-state index contributed by atoms with van der Waals surface area (Å²) < 4.78 is 6.64. The number of carbonyl (C=O) groups is 1. The summed E-state index contributed by atoms with van der Waals surface area (Å²) in [6.45, 7) is 13.0. The second-order valence-electron chi connectivity index (χ2n) is 9.32. The quantitative estimate of drug-likeness (QED) is 0.137. The minimum absolute atomic E-state index is 0.131. The van der Waals surface area contributed by atoms with Crippen LogP contribution in [0.5, 0.6) is 0 Å². The molecule has 0 saturated heterocycles. The summed E-state index contributed by atoms with van der Waals surface area (Å²) in [6, 6.07) is 18.4. The van der Waals surface area contributed by atoms with E-state index >= 15 is 0 Å². The molecular weight excluding hydrogens is 624 g/mol. The molecule has 0 fully saturated rings. The van der Waals surface area contributed by atoms with Gasteiger partial charge in [-0.25, -0.2) is 0 Å². The first-order chi connectivity index (χ1) is 16.0. The van der Waals surface area contributed by atoms with Gasteiger partial charge in [-0.2, -0.15) is 0 Å². The van der Waals surface area contributed by atoms with E-state index in [0.717, 1.165) is 9.13 Å². The Hall–Kier alpha value is -0.821. The van der Waals surface area contributed by atoms with Crippen LogP contribution in [0.3, 0.4) is 0 Å². The maximum absolute atomic E-state index is 13.8. The van der Waals surface area contributed by atoms with E-state index in [1.807, 2.05) is 30.3 Å². The summed E-state index contributed by atoms with van der Waals surface area (Å²) in [5, 5.41) is 0. The van der Waals surface area contributed by atoms with Crippen molar-refractivity contribution in [1.82, 2.24) is 4.90 Å². The van der Waals surface area contributed by atoms with Crippen molar-refractivity contribution in [3.63, 3.8) is 0 Å². The molecule has 4 heteroatoms. The Kier molecular flexibility index (Phi) is 13.1. The van der Waals surface area contributed by atoms with Crippen molar-refractivity contribution in [2.24, 2.45) is 0 Å². The zero-order valence-corrected chi connectivity index (χ0v) is 25.9. The fraction of sp³-hybridized carbons (Fsp3) is 0.483. The Bertz CT molecular complexity index is 845. The fourth-order valence-electron chi connectivity index (χ4n) is 4.66. The van der Waals surface area contributed by atoms with E-state index in [9.17, 15) is 4.79 Å². The van der Waals surface area contributed by atoms with Crippen LogP contribution in [0.15, 0.2) is 64.8 Å². The first-order valence-electron chi connectivity index (χ1n) is 12.7. The van der Waals surface area contributed by atoms with Gasteiger partial charge in [0.25, 0.3) is 0 Å².